The standard InChI is InChI=1S/C23H13Cl2N3O2/c24-18-10-9-15(12-19(18)25)27-21-8-4-2-6-17(21)22(29)28(23(27)30)16-11-14-5-1-3-7-20(14)26-13-16/h1-13H. The normalized spacial score (nSPS) is 11.3. The van der Waals surface area contributed by atoms with Crippen molar-refractivity contribution in [3.63, 3.8) is 0 Å². The van der Waals surface area contributed by atoms with Crippen molar-refractivity contribution in [2.24, 2.45) is 0 Å². The van der Waals surface area contributed by atoms with E-state index in [4.69, 9.17) is 23.2 Å². The molecule has 7 heteroatoms. The van der Waals surface area contributed by atoms with Gasteiger partial charge in [-0.2, -0.15) is 0 Å². The minimum Gasteiger partial charge on any atom is -0.268 e. The first-order valence-electron chi connectivity index (χ1n) is 9.12. The zero-order valence-electron chi connectivity index (χ0n) is 15.4. The average molecular weight is 434 g/mol. The molecule has 2 heterocycles. The average Bonchev–Trinajstić information content (AvgIpc) is 2.76. The first kappa shape index (κ1) is 18.6. The Morgan fingerprint density at radius 1 is 0.733 bits per heavy atom. The number of hydrogen-bond donors (Lipinski definition) is 0. The molecule has 2 aromatic heterocycles. The Morgan fingerprint density at radius 2 is 1.50 bits per heavy atom. The van der Waals surface area contributed by atoms with Crippen LogP contribution in [0.3, 0.4) is 0 Å². The van der Waals surface area contributed by atoms with Crippen molar-refractivity contribution in [3.8, 4) is 11.4 Å². The van der Waals surface area contributed by atoms with Crippen molar-refractivity contribution < 1.29 is 0 Å². The predicted octanol–water partition coefficient (Wildman–Crippen LogP) is 5.00. The summed E-state index contributed by atoms with van der Waals surface area (Å²) in [6.07, 6.45) is 1.53. The first-order valence-corrected chi connectivity index (χ1v) is 9.87. The molecule has 0 aliphatic carbocycles. The predicted molar refractivity (Wildman–Crippen MR) is 120 cm³/mol. The fraction of sp³-hybridized carbons (Fsp3) is 0. The van der Waals surface area contributed by atoms with Crippen LogP contribution in [0.25, 0.3) is 33.2 Å². The highest BCUT2D eigenvalue weighted by molar-refractivity contribution is 6.42. The number of pyridine rings is 1. The summed E-state index contributed by atoms with van der Waals surface area (Å²) < 4.78 is 2.58. The summed E-state index contributed by atoms with van der Waals surface area (Å²) in [5, 5.41) is 1.92. The molecule has 3 aromatic carbocycles. The van der Waals surface area contributed by atoms with Crippen LogP contribution >= 0.6 is 23.2 Å². The van der Waals surface area contributed by atoms with Crippen LogP contribution in [-0.4, -0.2) is 14.1 Å². The number of benzene rings is 3. The lowest BCUT2D eigenvalue weighted by Crippen LogP contribution is -2.38. The van der Waals surface area contributed by atoms with E-state index in [2.05, 4.69) is 4.98 Å². The van der Waals surface area contributed by atoms with E-state index in [0.717, 1.165) is 15.5 Å². The lowest BCUT2D eigenvalue weighted by Gasteiger charge is -2.15. The van der Waals surface area contributed by atoms with Gasteiger partial charge in [-0.05, 0) is 42.5 Å². The van der Waals surface area contributed by atoms with Gasteiger partial charge in [-0.15, -0.1) is 0 Å². The van der Waals surface area contributed by atoms with Gasteiger partial charge >= 0.3 is 5.69 Å². The van der Waals surface area contributed by atoms with Crippen molar-refractivity contribution in [1.29, 1.82) is 0 Å². The molecular weight excluding hydrogens is 421 g/mol. The Hall–Kier alpha value is -3.41. The maximum atomic E-state index is 13.6. The highest BCUT2D eigenvalue weighted by Gasteiger charge is 2.16. The lowest BCUT2D eigenvalue weighted by atomic mass is 10.2. The molecule has 0 amide bonds. The Morgan fingerprint density at radius 3 is 2.33 bits per heavy atom. The van der Waals surface area contributed by atoms with E-state index in [1.54, 1.807) is 48.5 Å². The quantitative estimate of drug-likeness (QED) is 0.393. The molecule has 5 nitrogen and oxygen atoms in total. The van der Waals surface area contributed by atoms with E-state index in [0.29, 0.717) is 32.3 Å². The summed E-state index contributed by atoms with van der Waals surface area (Å²) in [6, 6.07) is 21.2. The van der Waals surface area contributed by atoms with Gasteiger partial charge in [-0.25, -0.2) is 9.36 Å². The van der Waals surface area contributed by atoms with Crippen LogP contribution < -0.4 is 11.2 Å². The molecule has 30 heavy (non-hydrogen) atoms. The molecule has 146 valence electrons. The van der Waals surface area contributed by atoms with E-state index in [1.807, 2.05) is 24.3 Å². The van der Waals surface area contributed by atoms with Gasteiger partial charge in [0.2, 0.25) is 0 Å². The minimum absolute atomic E-state index is 0.315. The monoisotopic (exact) mass is 433 g/mol. The summed E-state index contributed by atoms with van der Waals surface area (Å²) in [5.41, 5.74) is 1.23. The van der Waals surface area contributed by atoms with Crippen molar-refractivity contribution in [2.45, 2.75) is 0 Å². The Labute approximate surface area is 180 Å². The fourth-order valence-electron chi connectivity index (χ4n) is 3.54. The van der Waals surface area contributed by atoms with Crippen LogP contribution in [0.2, 0.25) is 10.0 Å². The summed E-state index contributed by atoms with van der Waals surface area (Å²) in [7, 11) is 0. The Bertz CT molecular complexity index is 1570. The zero-order chi connectivity index (χ0) is 20.8. The van der Waals surface area contributed by atoms with Crippen molar-refractivity contribution in [3.05, 3.63) is 110 Å². The molecular formula is C23H13Cl2N3O2. The largest absolute Gasteiger partial charge is 0.340 e. The van der Waals surface area contributed by atoms with E-state index in [1.165, 1.54) is 10.8 Å². The van der Waals surface area contributed by atoms with Crippen LogP contribution in [0.1, 0.15) is 0 Å². The molecule has 0 unspecified atom stereocenters. The topological polar surface area (TPSA) is 56.9 Å². The molecule has 0 bridgehead atoms. The van der Waals surface area contributed by atoms with Gasteiger partial charge in [-0.3, -0.25) is 14.3 Å². The molecule has 0 atom stereocenters. The zero-order valence-corrected chi connectivity index (χ0v) is 16.9. The molecule has 0 fully saturated rings. The Kier molecular flexibility index (Phi) is 4.42. The molecule has 5 rings (SSSR count). The number of para-hydroxylation sites is 2. The van der Waals surface area contributed by atoms with Crippen LogP contribution in [0, 0.1) is 0 Å². The highest BCUT2D eigenvalue weighted by Crippen LogP contribution is 2.25. The van der Waals surface area contributed by atoms with Crippen molar-refractivity contribution >= 4 is 45.0 Å². The van der Waals surface area contributed by atoms with Gasteiger partial charge in [0.15, 0.2) is 0 Å². The second-order valence-corrected chi connectivity index (χ2v) is 7.57. The van der Waals surface area contributed by atoms with Gasteiger partial charge in [0.1, 0.15) is 0 Å². The van der Waals surface area contributed by atoms with Gasteiger partial charge in [0, 0.05) is 5.39 Å². The number of rotatable bonds is 2. The number of nitrogens with zero attached hydrogens (tertiary/aromatic N) is 3. The second kappa shape index (κ2) is 7.13. The number of aromatic nitrogens is 3. The minimum atomic E-state index is -0.519. The van der Waals surface area contributed by atoms with E-state index < -0.39 is 11.2 Å². The highest BCUT2D eigenvalue weighted by atomic mass is 35.5. The van der Waals surface area contributed by atoms with Gasteiger partial charge in [-0.1, -0.05) is 53.5 Å². The van der Waals surface area contributed by atoms with E-state index in [-0.39, 0.29) is 0 Å². The summed E-state index contributed by atoms with van der Waals surface area (Å²) in [4.78, 5) is 31.2. The molecule has 5 aromatic rings. The molecule has 0 saturated heterocycles. The van der Waals surface area contributed by atoms with Crippen LogP contribution in [-0.2, 0) is 0 Å². The molecule has 0 radical (unpaired) electrons. The molecule has 0 aliphatic rings. The van der Waals surface area contributed by atoms with Gasteiger partial charge in [0.05, 0.1) is 44.0 Å². The van der Waals surface area contributed by atoms with Gasteiger partial charge in [0.25, 0.3) is 5.56 Å². The number of hydrogen-bond acceptors (Lipinski definition) is 3. The molecule has 0 saturated carbocycles. The smallest absolute Gasteiger partial charge is 0.268 e. The molecule has 0 N–H and O–H groups in total. The van der Waals surface area contributed by atoms with Crippen molar-refractivity contribution in [2.75, 3.05) is 0 Å². The summed E-state index contributed by atoms with van der Waals surface area (Å²) in [5.74, 6) is 0. The number of halogens is 2. The maximum Gasteiger partial charge on any atom is 0.340 e. The lowest BCUT2D eigenvalue weighted by molar-refractivity contribution is 0.832. The van der Waals surface area contributed by atoms with Crippen molar-refractivity contribution in [1.82, 2.24) is 14.1 Å². The summed E-state index contributed by atoms with van der Waals surface area (Å²) in [6.45, 7) is 0. The third-order valence-corrected chi connectivity index (χ3v) is 5.70. The number of fused-ring (bicyclic) bond motifs is 2. The SMILES string of the molecule is O=c1c2ccccc2n(-c2ccc(Cl)c(Cl)c2)c(=O)n1-c1cnc2ccccc2c1. The molecule has 0 aliphatic heterocycles. The third kappa shape index (κ3) is 2.91. The summed E-state index contributed by atoms with van der Waals surface area (Å²) >= 11 is 12.2. The van der Waals surface area contributed by atoms with E-state index in [9.17, 15) is 9.59 Å². The fourth-order valence-corrected chi connectivity index (χ4v) is 3.84. The second-order valence-electron chi connectivity index (χ2n) is 6.76. The van der Waals surface area contributed by atoms with E-state index >= 15 is 0 Å². The van der Waals surface area contributed by atoms with Crippen LogP contribution in [0.5, 0.6) is 0 Å². The first-order chi connectivity index (χ1) is 14.5. The van der Waals surface area contributed by atoms with Crippen LogP contribution in [0.4, 0.5) is 0 Å². The van der Waals surface area contributed by atoms with Gasteiger partial charge < -0.3 is 0 Å². The third-order valence-electron chi connectivity index (χ3n) is 4.96. The van der Waals surface area contributed by atoms with Crippen LogP contribution in [0.15, 0.2) is 88.6 Å². The maximum absolute atomic E-state index is 13.6. The molecule has 0 spiro atoms. The Balaban J connectivity index is 1.90.